The van der Waals surface area contributed by atoms with Crippen molar-refractivity contribution in [3.8, 4) is 0 Å². The van der Waals surface area contributed by atoms with Crippen LogP contribution in [0.15, 0.2) is 0 Å². The molecule has 2 unspecified atom stereocenters. The molecule has 0 spiro atoms. The standard InChI is InChI=1S/C13H24O3/c1-10(2)7-5-4-6-8-12-9-15-11(3)13(14)16-12/h10-12H,4-9H2,1-3H3. The smallest absolute Gasteiger partial charge is 0.335 e. The molecule has 3 heteroatoms. The van der Waals surface area contributed by atoms with Gasteiger partial charge in [-0.1, -0.05) is 33.1 Å². The van der Waals surface area contributed by atoms with Crippen LogP contribution in [-0.4, -0.2) is 24.8 Å². The van der Waals surface area contributed by atoms with Crippen LogP contribution >= 0.6 is 0 Å². The summed E-state index contributed by atoms with van der Waals surface area (Å²) in [6.45, 7) is 6.80. The summed E-state index contributed by atoms with van der Waals surface area (Å²) in [5.74, 6) is 0.579. The number of carbonyl (C=O) groups excluding carboxylic acids is 1. The average molecular weight is 228 g/mol. The lowest BCUT2D eigenvalue weighted by Crippen LogP contribution is -2.38. The number of unbranched alkanes of at least 4 members (excludes halogenated alkanes) is 2. The third-order valence-electron chi connectivity index (χ3n) is 2.95. The second-order valence-electron chi connectivity index (χ2n) is 5.07. The lowest BCUT2D eigenvalue weighted by atomic mass is 10.0. The van der Waals surface area contributed by atoms with E-state index in [1.807, 2.05) is 0 Å². The van der Waals surface area contributed by atoms with Crippen molar-refractivity contribution >= 4 is 5.97 Å². The molecule has 1 aliphatic rings. The fraction of sp³-hybridized carbons (Fsp3) is 0.923. The van der Waals surface area contributed by atoms with Crippen LogP contribution in [0.3, 0.4) is 0 Å². The molecular formula is C13H24O3. The lowest BCUT2D eigenvalue weighted by molar-refractivity contribution is -0.181. The van der Waals surface area contributed by atoms with Crippen molar-refractivity contribution in [2.75, 3.05) is 6.61 Å². The summed E-state index contributed by atoms with van der Waals surface area (Å²) in [5.41, 5.74) is 0. The molecular weight excluding hydrogens is 204 g/mol. The van der Waals surface area contributed by atoms with Crippen molar-refractivity contribution < 1.29 is 14.3 Å². The highest BCUT2D eigenvalue weighted by atomic mass is 16.6. The number of hydrogen-bond acceptors (Lipinski definition) is 3. The Morgan fingerprint density at radius 3 is 2.69 bits per heavy atom. The SMILES string of the molecule is CC(C)CCCCCC1COC(C)C(=O)O1. The van der Waals surface area contributed by atoms with Crippen LogP contribution in [0.1, 0.15) is 52.9 Å². The van der Waals surface area contributed by atoms with Gasteiger partial charge in [0.25, 0.3) is 0 Å². The Hall–Kier alpha value is -0.570. The van der Waals surface area contributed by atoms with Crippen molar-refractivity contribution in [1.82, 2.24) is 0 Å². The Labute approximate surface area is 98.5 Å². The van der Waals surface area contributed by atoms with E-state index in [1.165, 1.54) is 19.3 Å². The van der Waals surface area contributed by atoms with Gasteiger partial charge in [-0.25, -0.2) is 4.79 Å². The quantitative estimate of drug-likeness (QED) is 0.518. The second-order valence-corrected chi connectivity index (χ2v) is 5.07. The zero-order chi connectivity index (χ0) is 12.0. The third-order valence-corrected chi connectivity index (χ3v) is 2.95. The highest BCUT2D eigenvalue weighted by Crippen LogP contribution is 2.16. The van der Waals surface area contributed by atoms with Gasteiger partial charge in [-0.05, 0) is 25.7 Å². The molecule has 0 aromatic rings. The topological polar surface area (TPSA) is 35.5 Å². The van der Waals surface area contributed by atoms with Gasteiger partial charge < -0.3 is 9.47 Å². The Bertz CT molecular complexity index is 213. The van der Waals surface area contributed by atoms with E-state index in [2.05, 4.69) is 13.8 Å². The molecule has 16 heavy (non-hydrogen) atoms. The third kappa shape index (κ3) is 4.97. The van der Waals surface area contributed by atoms with Crippen molar-refractivity contribution in [2.24, 2.45) is 5.92 Å². The maximum absolute atomic E-state index is 11.2. The summed E-state index contributed by atoms with van der Waals surface area (Å²) in [7, 11) is 0. The minimum absolute atomic E-state index is 0.0113. The number of esters is 1. The average Bonchev–Trinajstić information content (AvgIpc) is 2.22. The van der Waals surface area contributed by atoms with Gasteiger partial charge >= 0.3 is 5.97 Å². The molecule has 1 fully saturated rings. The number of cyclic esters (lactones) is 1. The van der Waals surface area contributed by atoms with Crippen molar-refractivity contribution in [3.63, 3.8) is 0 Å². The zero-order valence-electron chi connectivity index (χ0n) is 10.7. The van der Waals surface area contributed by atoms with Crippen LogP contribution < -0.4 is 0 Å². The fourth-order valence-electron chi connectivity index (χ4n) is 1.86. The first-order valence-corrected chi connectivity index (χ1v) is 6.41. The predicted molar refractivity (Wildman–Crippen MR) is 63.2 cm³/mol. The summed E-state index contributed by atoms with van der Waals surface area (Å²) < 4.78 is 10.6. The van der Waals surface area contributed by atoms with E-state index in [1.54, 1.807) is 6.92 Å². The van der Waals surface area contributed by atoms with E-state index >= 15 is 0 Å². The van der Waals surface area contributed by atoms with Gasteiger partial charge in [0.1, 0.15) is 6.10 Å². The predicted octanol–water partition coefficient (Wildman–Crippen LogP) is 2.92. The summed E-state index contributed by atoms with van der Waals surface area (Å²) in [4.78, 5) is 11.2. The van der Waals surface area contributed by atoms with Gasteiger partial charge in [-0.15, -0.1) is 0 Å². The highest BCUT2D eigenvalue weighted by Gasteiger charge is 2.26. The molecule has 0 radical (unpaired) electrons. The Morgan fingerprint density at radius 2 is 2.06 bits per heavy atom. The summed E-state index contributed by atoms with van der Waals surface area (Å²) in [6.07, 6.45) is 5.47. The highest BCUT2D eigenvalue weighted by molar-refractivity contribution is 5.74. The monoisotopic (exact) mass is 228 g/mol. The van der Waals surface area contributed by atoms with Gasteiger partial charge in [0.05, 0.1) is 6.61 Å². The second kappa shape index (κ2) is 6.89. The van der Waals surface area contributed by atoms with Crippen LogP contribution in [0.25, 0.3) is 0 Å². The molecule has 0 bridgehead atoms. The zero-order valence-corrected chi connectivity index (χ0v) is 10.7. The maximum Gasteiger partial charge on any atom is 0.335 e. The number of ether oxygens (including phenoxy) is 2. The van der Waals surface area contributed by atoms with Crippen molar-refractivity contribution in [1.29, 1.82) is 0 Å². The van der Waals surface area contributed by atoms with E-state index < -0.39 is 0 Å². The number of hydrogen-bond donors (Lipinski definition) is 0. The van der Waals surface area contributed by atoms with E-state index in [4.69, 9.17) is 9.47 Å². The lowest BCUT2D eigenvalue weighted by Gasteiger charge is -2.26. The first kappa shape index (κ1) is 13.5. The molecule has 0 aromatic carbocycles. The molecule has 0 saturated carbocycles. The van der Waals surface area contributed by atoms with Crippen LogP contribution in [0, 0.1) is 5.92 Å². The summed E-state index contributed by atoms with van der Waals surface area (Å²) in [6, 6.07) is 0. The molecule has 0 aromatic heterocycles. The summed E-state index contributed by atoms with van der Waals surface area (Å²) in [5, 5.41) is 0. The van der Waals surface area contributed by atoms with Crippen LogP contribution in [0.4, 0.5) is 0 Å². The van der Waals surface area contributed by atoms with E-state index in [-0.39, 0.29) is 18.2 Å². The molecule has 1 aliphatic heterocycles. The van der Waals surface area contributed by atoms with Crippen molar-refractivity contribution in [3.05, 3.63) is 0 Å². The number of rotatable bonds is 6. The van der Waals surface area contributed by atoms with E-state index in [9.17, 15) is 4.79 Å². The largest absolute Gasteiger partial charge is 0.458 e. The van der Waals surface area contributed by atoms with Crippen LogP contribution in [-0.2, 0) is 14.3 Å². The minimum Gasteiger partial charge on any atom is -0.458 e. The van der Waals surface area contributed by atoms with Gasteiger partial charge in [0, 0.05) is 0 Å². The van der Waals surface area contributed by atoms with Gasteiger partial charge in [-0.3, -0.25) is 0 Å². The first-order valence-electron chi connectivity index (χ1n) is 6.41. The van der Waals surface area contributed by atoms with Gasteiger partial charge in [0.2, 0.25) is 0 Å². The van der Waals surface area contributed by atoms with Gasteiger partial charge in [0.15, 0.2) is 6.10 Å². The Kier molecular flexibility index (Phi) is 5.81. The summed E-state index contributed by atoms with van der Waals surface area (Å²) >= 11 is 0. The normalized spacial score (nSPS) is 25.9. The minimum atomic E-state index is -0.378. The van der Waals surface area contributed by atoms with Crippen LogP contribution in [0.5, 0.6) is 0 Å². The molecule has 0 aliphatic carbocycles. The molecule has 3 nitrogen and oxygen atoms in total. The molecule has 0 amide bonds. The molecule has 1 rings (SSSR count). The van der Waals surface area contributed by atoms with E-state index in [0.29, 0.717) is 6.61 Å². The molecule has 94 valence electrons. The molecule has 1 saturated heterocycles. The van der Waals surface area contributed by atoms with E-state index in [0.717, 1.165) is 18.8 Å². The van der Waals surface area contributed by atoms with Crippen molar-refractivity contribution in [2.45, 2.75) is 65.1 Å². The molecule has 1 heterocycles. The first-order chi connectivity index (χ1) is 7.59. The van der Waals surface area contributed by atoms with Crippen LogP contribution in [0.2, 0.25) is 0 Å². The fourth-order valence-corrected chi connectivity index (χ4v) is 1.86. The van der Waals surface area contributed by atoms with Gasteiger partial charge in [-0.2, -0.15) is 0 Å². The molecule has 2 atom stereocenters. The Morgan fingerprint density at radius 1 is 1.31 bits per heavy atom. The number of carbonyl (C=O) groups is 1. The Balaban J connectivity index is 2.03. The maximum atomic E-state index is 11.2. The molecule has 0 N–H and O–H groups in total.